The molecule has 1 unspecified atom stereocenters. The van der Waals surface area contributed by atoms with E-state index in [-0.39, 0.29) is 0 Å². The van der Waals surface area contributed by atoms with Crippen molar-refractivity contribution in [1.82, 2.24) is 9.80 Å². The number of carbonyl (C=O) groups excluding carboxylic acids is 1. The van der Waals surface area contributed by atoms with Crippen molar-refractivity contribution >= 4 is 21.8 Å². The van der Waals surface area contributed by atoms with Crippen molar-refractivity contribution in [2.75, 3.05) is 26.7 Å². The van der Waals surface area contributed by atoms with Crippen molar-refractivity contribution in [3.8, 4) is 5.75 Å². The van der Waals surface area contributed by atoms with Crippen LogP contribution in [-0.2, 0) is 11.3 Å². The molecule has 108 valence electrons. The van der Waals surface area contributed by atoms with E-state index in [1.54, 1.807) is 7.11 Å². The number of halogens is 1. The van der Waals surface area contributed by atoms with Gasteiger partial charge in [0.05, 0.1) is 11.6 Å². The van der Waals surface area contributed by atoms with Crippen molar-refractivity contribution in [2.45, 2.75) is 25.4 Å². The van der Waals surface area contributed by atoms with Crippen molar-refractivity contribution in [2.24, 2.45) is 0 Å². The Balaban J connectivity index is 1.64. The summed E-state index contributed by atoms with van der Waals surface area (Å²) in [5.41, 5.74) is 1.27. The Labute approximate surface area is 127 Å². The van der Waals surface area contributed by atoms with Crippen molar-refractivity contribution in [3.63, 3.8) is 0 Å². The van der Waals surface area contributed by atoms with E-state index in [4.69, 9.17) is 4.74 Å². The minimum absolute atomic E-state index is 0.335. The van der Waals surface area contributed by atoms with Crippen LogP contribution in [0.2, 0.25) is 0 Å². The lowest BCUT2D eigenvalue weighted by atomic mass is 10.1. The van der Waals surface area contributed by atoms with Gasteiger partial charge in [0, 0.05) is 38.6 Å². The monoisotopic (exact) mass is 338 g/mol. The SMILES string of the molecule is COc1ccc(CN2CCN3C(=O)CCC3C2)cc1Br. The molecular formula is C15H19BrN2O2. The average molecular weight is 339 g/mol. The van der Waals surface area contributed by atoms with Crippen LogP contribution in [0, 0.1) is 0 Å². The first-order valence-corrected chi connectivity index (χ1v) is 7.81. The van der Waals surface area contributed by atoms with Gasteiger partial charge in [0.1, 0.15) is 5.75 Å². The fourth-order valence-corrected chi connectivity index (χ4v) is 3.73. The predicted octanol–water partition coefficient (Wildman–Crippen LogP) is 2.26. The zero-order valence-electron chi connectivity index (χ0n) is 11.6. The number of fused-ring (bicyclic) bond motifs is 1. The standard InChI is InChI=1S/C15H19BrN2O2/c1-20-14-4-2-11(8-13(14)16)9-17-6-7-18-12(10-17)3-5-15(18)19/h2,4,8,12H,3,5-7,9-10H2,1H3. The molecule has 2 heterocycles. The van der Waals surface area contributed by atoms with Gasteiger partial charge < -0.3 is 9.64 Å². The molecule has 1 atom stereocenters. The summed E-state index contributed by atoms with van der Waals surface area (Å²) in [5.74, 6) is 1.20. The molecule has 20 heavy (non-hydrogen) atoms. The van der Waals surface area contributed by atoms with Gasteiger partial charge in [0.25, 0.3) is 0 Å². The zero-order chi connectivity index (χ0) is 14.1. The number of benzene rings is 1. The fraction of sp³-hybridized carbons (Fsp3) is 0.533. The van der Waals surface area contributed by atoms with E-state index in [9.17, 15) is 4.79 Å². The highest BCUT2D eigenvalue weighted by Crippen LogP contribution is 2.27. The summed E-state index contributed by atoms with van der Waals surface area (Å²) in [6, 6.07) is 6.65. The van der Waals surface area contributed by atoms with E-state index < -0.39 is 0 Å². The first-order chi connectivity index (χ1) is 9.67. The second kappa shape index (κ2) is 5.74. The maximum atomic E-state index is 11.7. The molecule has 2 aliphatic rings. The van der Waals surface area contributed by atoms with Gasteiger partial charge in [-0.3, -0.25) is 9.69 Å². The molecular weight excluding hydrogens is 320 g/mol. The number of nitrogens with zero attached hydrogens (tertiary/aromatic N) is 2. The first-order valence-electron chi connectivity index (χ1n) is 7.01. The Kier molecular flexibility index (Phi) is 3.98. The Morgan fingerprint density at radius 3 is 3.00 bits per heavy atom. The highest BCUT2D eigenvalue weighted by atomic mass is 79.9. The maximum Gasteiger partial charge on any atom is 0.222 e. The third-order valence-corrected chi connectivity index (χ3v) is 4.82. The quantitative estimate of drug-likeness (QED) is 0.847. The molecule has 2 fully saturated rings. The molecule has 0 aliphatic carbocycles. The molecule has 0 bridgehead atoms. The fourth-order valence-electron chi connectivity index (χ4n) is 3.14. The van der Waals surface area contributed by atoms with Gasteiger partial charge in [-0.15, -0.1) is 0 Å². The normalized spacial score (nSPS) is 23.0. The third kappa shape index (κ3) is 2.69. The summed E-state index contributed by atoms with van der Waals surface area (Å²) in [6.45, 7) is 3.77. The average Bonchev–Trinajstić information content (AvgIpc) is 2.80. The number of piperazine rings is 1. The summed E-state index contributed by atoms with van der Waals surface area (Å²) < 4.78 is 6.25. The van der Waals surface area contributed by atoms with E-state index in [1.807, 2.05) is 6.07 Å². The predicted molar refractivity (Wildman–Crippen MR) is 80.7 cm³/mol. The van der Waals surface area contributed by atoms with Gasteiger partial charge in [-0.2, -0.15) is 0 Å². The van der Waals surface area contributed by atoms with Gasteiger partial charge in [-0.25, -0.2) is 0 Å². The van der Waals surface area contributed by atoms with E-state index >= 15 is 0 Å². The number of rotatable bonds is 3. The molecule has 0 spiro atoms. The minimum Gasteiger partial charge on any atom is -0.496 e. The van der Waals surface area contributed by atoms with Gasteiger partial charge >= 0.3 is 0 Å². The van der Waals surface area contributed by atoms with Crippen LogP contribution in [0.3, 0.4) is 0 Å². The van der Waals surface area contributed by atoms with Crippen LogP contribution in [0.4, 0.5) is 0 Å². The number of hydrogen-bond donors (Lipinski definition) is 0. The van der Waals surface area contributed by atoms with Crippen LogP contribution in [0.25, 0.3) is 0 Å². The maximum absolute atomic E-state index is 11.7. The highest BCUT2D eigenvalue weighted by Gasteiger charge is 2.35. The van der Waals surface area contributed by atoms with Gasteiger partial charge in [-0.1, -0.05) is 6.07 Å². The van der Waals surface area contributed by atoms with Crippen molar-refractivity contribution < 1.29 is 9.53 Å². The Hall–Kier alpha value is -1.07. The van der Waals surface area contributed by atoms with Crippen LogP contribution in [0.15, 0.2) is 22.7 Å². The summed E-state index contributed by atoms with van der Waals surface area (Å²) in [7, 11) is 1.68. The molecule has 4 nitrogen and oxygen atoms in total. The smallest absolute Gasteiger partial charge is 0.222 e. The van der Waals surface area contributed by atoms with Crippen LogP contribution < -0.4 is 4.74 Å². The van der Waals surface area contributed by atoms with E-state index in [1.165, 1.54) is 5.56 Å². The van der Waals surface area contributed by atoms with Crippen LogP contribution in [0.1, 0.15) is 18.4 Å². The second-order valence-corrected chi connectivity index (χ2v) is 6.34. The summed E-state index contributed by atoms with van der Waals surface area (Å²) >= 11 is 3.53. The molecule has 5 heteroatoms. The van der Waals surface area contributed by atoms with Crippen molar-refractivity contribution in [3.05, 3.63) is 28.2 Å². The molecule has 1 amide bonds. The van der Waals surface area contributed by atoms with Gasteiger partial charge in [0.2, 0.25) is 5.91 Å². The topological polar surface area (TPSA) is 32.8 Å². The molecule has 1 aromatic rings. The molecule has 0 aromatic heterocycles. The molecule has 2 aliphatic heterocycles. The zero-order valence-corrected chi connectivity index (χ0v) is 13.2. The van der Waals surface area contributed by atoms with E-state index in [2.05, 4.69) is 37.9 Å². The van der Waals surface area contributed by atoms with Crippen LogP contribution >= 0.6 is 15.9 Å². The lowest BCUT2D eigenvalue weighted by molar-refractivity contribution is -0.130. The Morgan fingerprint density at radius 2 is 2.25 bits per heavy atom. The highest BCUT2D eigenvalue weighted by molar-refractivity contribution is 9.10. The first kappa shape index (κ1) is 13.9. The third-order valence-electron chi connectivity index (χ3n) is 4.20. The van der Waals surface area contributed by atoms with Gasteiger partial charge in [0.15, 0.2) is 0 Å². The van der Waals surface area contributed by atoms with E-state index in [0.29, 0.717) is 11.9 Å². The summed E-state index contributed by atoms with van der Waals surface area (Å²) in [5, 5.41) is 0. The number of carbonyl (C=O) groups is 1. The molecule has 2 saturated heterocycles. The van der Waals surface area contributed by atoms with E-state index in [0.717, 1.165) is 49.2 Å². The summed E-state index contributed by atoms with van der Waals surface area (Å²) in [4.78, 5) is 16.2. The number of methoxy groups -OCH3 is 1. The number of amides is 1. The lowest BCUT2D eigenvalue weighted by Gasteiger charge is -2.37. The molecule has 0 saturated carbocycles. The lowest BCUT2D eigenvalue weighted by Crippen LogP contribution is -2.50. The molecule has 0 N–H and O–H groups in total. The molecule has 1 aromatic carbocycles. The number of hydrogen-bond acceptors (Lipinski definition) is 3. The van der Waals surface area contributed by atoms with Gasteiger partial charge in [-0.05, 0) is 40.0 Å². The largest absolute Gasteiger partial charge is 0.496 e. The Bertz CT molecular complexity index is 521. The molecule has 0 radical (unpaired) electrons. The summed E-state index contributed by atoms with van der Waals surface area (Å²) in [6.07, 6.45) is 1.74. The number of ether oxygens (including phenoxy) is 1. The Morgan fingerprint density at radius 1 is 1.40 bits per heavy atom. The second-order valence-electron chi connectivity index (χ2n) is 5.48. The molecule has 3 rings (SSSR count). The van der Waals surface area contributed by atoms with Crippen LogP contribution in [-0.4, -0.2) is 48.5 Å². The minimum atomic E-state index is 0.335. The van der Waals surface area contributed by atoms with Crippen molar-refractivity contribution in [1.29, 1.82) is 0 Å². The van der Waals surface area contributed by atoms with Crippen LogP contribution in [0.5, 0.6) is 5.75 Å².